The first kappa shape index (κ1) is 15.2. The van der Waals surface area contributed by atoms with E-state index < -0.39 is 0 Å². The molecule has 1 aromatic heterocycles. The van der Waals surface area contributed by atoms with Crippen molar-refractivity contribution in [1.82, 2.24) is 10.2 Å². The molecule has 0 radical (unpaired) electrons. The van der Waals surface area contributed by atoms with Crippen molar-refractivity contribution >= 4 is 47.2 Å². The molecule has 100 valence electrons. The second kappa shape index (κ2) is 6.93. The fourth-order valence-corrected chi connectivity index (χ4v) is 2.71. The molecule has 1 aliphatic rings. The number of halogens is 1. The zero-order valence-electron chi connectivity index (χ0n) is 10.2. The molecule has 1 aliphatic heterocycles. The molecule has 0 bridgehead atoms. The van der Waals surface area contributed by atoms with Gasteiger partial charge in [0.25, 0.3) is 0 Å². The average Bonchev–Trinajstić information content (AvgIpc) is 2.82. The lowest BCUT2D eigenvalue weighted by Crippen LogP contribution is -2.44. The topological polar surface area (TPSA) is 70.7 Å². The van der Waals surface area contributed by atoms with Crippen molar-refractivity contribution in [2.24, 2.45) is 10.7 Å². The molecule has 0 saturated carbocycles. The van der Waals surface area contributed by atoms with Crippen LogP contribution in [0.1, 0.15) is 10.4 Å². The van der Waals surface area contributed by atoms with Gasteiger partial charge in [0.2, 0.25) is 5.91 Å². The van der Waals surface area contributed by atoms with E-state index in [9.17, 15) is 4.79 Å². The number of thiophene rings is 1. The molecule has 18 heavy (non-hydrogen) atoms. The third-order valence-electron chi connectivity index (χ3n) is 2.82. The summed E-state index contributed by atoms with van der Waals surface area (Å²) in [6.07, 6.45) is 0.954. The maximum absolute atomic E-state index is 11.9. The lowest BCUT2D eigenvalue weighted by Gasteiger charge is -2.27. The number of amides is 1. The van der Waals surface area contributed by atoms with Gasteiger partial charge in [0.15, 0.2) is 5.96 Å². The third-order valence-corrected chi connectivity index (χ3v) is 3.85. The van der Waals surface area contributed by atoms with Crippen molar-refractivity contribution in [3.63, 3.8) is 0 Å². The Labute approximate surface area is 127 Å². The van der Waals surface area contributed by atoms with Gasteiger partial charge in [-0.25, -0.2) is 0 Å². The molecule has 5 nitrogen and oxygen atoms in total. The fraction of sp³-hybridized carbons (Fsp3) is 0.455. The Morgan fingerprint density at radius 3 is 3.17 bits per heavy atom. The van der Waals surface area contributed by atoms with E-state index in [1.165, 1.54) is 10.4 Å². The second-order valence-electron chi connectivity index (χ2n) is 3.90. The number of hydrogen-bond donors (Lipinski definition) is 2. The number of nitrogens with one attached hydrogen (secondary N) is 1. The maximum Gasteiger partial charge on any atom is 0.242 e. The van der Waals surface area contributed by atoms with Crippen molar-refractivity contribution < 1.29 is 4.79 Å². The van der Waals surface area contributed by atoms with Crippen molar-refractivity contribution in [2.45, 2.75) is 13.0 Å². The Bertz CT molecular complexity index is 446. The molecule has 2 heterocycles. The van der Waals surface area contributed by atoms with Crippen LogP contribution in [0.15, 0.2) is 16.4 Å². The number of carbonyl (C=O) groups excluding carboxylic acids is 1. The van der Waals surface area contributed by atoms with E-state index in [0.717, 1.165) is 13.0 Å². The zero-order chi connectivity index (χ0) is 12.3. The summed E-state index contributed by atoms with van der Waals surface area (Å²) in [4.78, 5) is 18.9. The van der Waals surface area contributed by atoms with Gasteiger partial charge >= 0.3 is 0 Å². The quantitative estimate of drug-likeness (QED) is 0.453. The van der Waals surface area contributed by atoms with E-state index in [2.05, 4.69) is 21.8 Å². The Morgan fingerprint density at radius 1 is 1.67 bits per heavy atom. The molecule has 1 amide bonds. The maximum atomic E-state index is 11.9. The van der Waals surface area contributed by atoms with Gasteiger partial charge in [0, 0.05) is 25.0 Å². The summed E-state index contributed by atoms with van der Waals surface area (Å²) in [5.41, 5.74) is 6.75. The summed E-state index contributed by atoms with van der Waals surface area (Å²) in [7, 11) is 1.59. The van der Waals surface area contributed by atoms with Gasteiger partial charge < -0.3 is 16.0 Å². The Kier molecular flexibility index (Phi) is 5.86. The first-order valence-electron chi connectivity index (χ1n) is 5.50. The molecule has 0 unspecified atom stereocenters. The third kappa shape index (κ3) is 3.58. The highest BCUT2D eigenvalue weighted by Crippen LogP contribution is 2.23. The highest BCUT2D eigenvalue weighted by atomic mass is 127. The lowest BCUT2D eigenvalue weighted by molar-refractivity contribution is -0.130. The zero-order valence-corrected chi connectivity index (χ0v) is 13.3. The van der Waals surface area contributed by atoms with Gasteiger partial charge in [0.1, 0.15) is 0 Å². The van der Waals surface area contributed by atoms with Gasteiger partial charge in [-0.1, -0.05) is 0 Å². The molecule has 0 aliphatic carbocycles. The number of nitrogens with two attached hydrogens (primary N) is 1. The van der Waals surface area contributed by atoms with E-state index in [1.54, 1.807) is 18.4 Å². The van der Waals surface area contributed by atoms with Gasteiger partial charge in [0.05, 0.1) is 6.54 Å². The van der Waals surface area contributed by atoms with E-state index in [0.29, 0.717) is 12.5 Å². The standard InChI is InChI=1S/C11H16N4OS.HI/c1-13-11(12)14-6-10(16)15-4-2-9-8(7-15)3-5-17-9;/h3,5H,2,4,6-7H2,1H3,(H3,12,13,14);1H. The minimum atomic E-state index is 0. The van der Waals surface area contributed by atoms with E-state index in [-0.39, 0.29) is 36.4 Å². The molecule has 0 fully saturated rings. The molecule has 0 aromatic carbocycles. The molecular weight excluding hydrogens is 363 g/mol. The predicted octanol–water partition coefficient (Wildman–Crippen LogP) is 0.785. The first-order chi connectivity index (χ1) is 8.20. The van der Waals surface area contributed by atoms with Gasteiger partial charge in [-0.05, 0) is 23.4 Å². The number of rotatable bonds is 2. The summed E-state index contributed by atoms with van der Waals surface area (Å²) in [5, 5.41) is 4.87. The number of hydrogen-bond acceptors (Lipinski definition) is 3. The predicted molar refractivity (Wildman–Crippen MR) is 84.4 cm³/mol. The number of aliphatic imine (C=N–C) groups is 1. The highest BCUT2D eigenvalue weighted by Gasteiger charge is 2.20. The molecular formula is C11H17IN4OS. The molecule has 0 spiro atoms. The number of fused-ring (bicyclic) bond motifs is 1. The highest BCUT2D eigenvalue weighted by molar-refractivity contribution is 14.0. The van der Waals surface area contributed by atoms with Crippen LogP contribution in [-0.2, 0) is 17.8 Å². The summed E-state index contributed by atoms with van der Waals surface area (Å²) in [6, 6.07) is 2.09. The summed E-state index contributed by atoms with van der Waals surface area (Å²) in [5.74, 6) is 0.361. The second-order valence-corrected chi connectivity index (χ2v) is 4.90. The minimum absolute atomic E-state index is 0. The smallest absolute Gasteiger partial charge is 0.242 e. The van der Waals surface area contributed by atoms with Crippen LogP contribution in [-0.4, -0.2) is 36.9 Å². The molecule has 1 aromatic rings. The van der Waals surface area contributed by atoms with E-state index in [1.807, 2.05) is 4.90 Å². The van der Waals surface area contributed by atoms with Crippen LogP contribution in [0.3, 0.4) is 0 Å². The number of guanidine groups is 1. The number of carbonyl (C=O) groups is 1. The molecule has 0 saturated heterocycles. The molecule has 3 N–H and O–H groups in total. The molecule has 0 atom stereocenters. The summed E-state index contributed by atoms with van der Waals surface area (Å²) >= 11 is 1.77. The fourth-order valence-electron chi connectivity index (χ4n) is 1.82. The first-order valence-corrected chi connectivity index (χ1v) is 6.38. The summed E-state index contributed by atoms with van der Waals surface area (Å²) in [6.45, 7) is 1.71. The van der Waals surface area contributed by atoms with E-state index >= 15 is 0 Å². The lowest BCUT2D eigenvalue weighted by atomic mass is 10.1. The van der Waals surface area contributed by atoms with Crippen molar-refractivity contribution in [3.05, 3.63) is 21.9 Å². The SMILES string of the molecule is CN=C(N)NCC(=O)N1CCc2sccc2C1.I. The number of nitrogens with zero attached hydrogens (tertiary/aromatic N) is 2. The van der Waals surface area contributed by atoms with Crippen LogP contribution in [0.2, 0.25) is 0 Å². The van der Waals surface area contributed by atoms with Crippen LogP contribution in [0.25, 0.3) is 0 Å². The Morgan fingerprint density at radius 2 is 2.44 bits per heavy atom. The van der Waals surface area contributed by atoms with Gasteiger partial charge in [-0.2, -0.15) is 0 Å². The monoisotopic (exact) mass is 380 g/mol. The van der Waals surface area contributed by atoms with Crippen LogP contribution in [0, 0.1) is 0 Å². The minimum Gasteiger partial charge on any atom is -0.370 e. The van der Waals surface area contributed by atoms with Gasteiger partial charge in [-0.3, -0.25) is 9.79 Å². The normalized spacial score (nSPS) is 14.7. The van der Waals surface area contributed by atoms with Crippen molar-refractivity contribution in [1.29, 1.82) is 0 Å². The largest absolute Gasteiger partial charge is 0.370 e. The van der Waals surface area contributed by atoms with Crippen molar-refractivity contribution in [2.75, 3.05) is 20.1 Å². The summed E-state index contributed by atoms with van der Waals surface area (Å²) < 4.78 is 0. The van der Waals surface area contributed by atoms with Crippen LogP contribution < -0.4 is 11.1 Å². The van der Waals surface area contributed by atoms with Crippen molar-refractivity contribution in [3.8, 4) is 0 Å². The Balaban J connectivity index is 0.00000162. The average molecular weight is 380 g/mol. The molecule has 2 rings (SSSR count). The van der Waals surface area contributed by atoms with Crippen LogP contribution in [0.5, 0.6) is 0 Å². The van der Waals surface area contributed by atoms with Crippen LogP contribution >= 0.6 is 35.3 Å². The van der Waals surface area contributed by atoms with Gasteiger partial charge in [-0.15, -0.1) is 35.3 Å². The molecule has 7 heteroatoms. The Hall–Kier alpha value is -0.830. The van der Waals surface area contributed by atoms with Crippen LogP contribution in [0.4, 0.5) is 0 Å². The van der Waals surface area contributed by atoms with E-state index in [4.69, 9.17) is 5.73 Å².